The van der Waals surface area contributed by atoms with Crippen molar-refractivity contribution < 1.29 is 71.8 Å². The Morgan fingerprint density at radius 2 is 1.05 bits per heavy atom. The minimum atomic E-state index is -4.90. The molecule has 0 amide bonds. The molecular weight excluding hydrogens is 854 g/mol. The first-order valence-corrected chi connectivity index (χ1v) is 26.7. The van der Waals surface area contributed by atoms with E-state index in [9.17, 15) is 38.9 Å². The van der Waals surface area contributed by atoms with Crippen LogP contribution in [-0.2, 0) is 41.8 Å². The van der Waals surface area contributed by atoms with Crippen LogP contribution < -0.4 is 0 Å². The van der Waals surface area contributed by atoms with Crippen molar-refractivity contribution in [2.45, 2.75) is 212 Å². The van der Waals surface area contributed by atoms with Crippen molar-refractivity contribution in [3.8, 4) is 0 Å². The first kappa shape index (κ1) is 61.3. The van der Waals surface area contributed by atoms with Gasteiger partial charge < -0.3 is 39.5 Å². The van der Waals surface area contributed by atoms with Gasteiger partial charge in [-0.15, -0.1) is 0 Å². The molecule has 0 aliphatic rings. The zero-order valence-electron chi connectivity index (χ0n) is 38.8. The third-order valence-corrected chi connectivity index (χ3v) is 11.6. The molecule has 0 fully saturated rings. The quantitative estimate of drug-likeness (QED) is 0.0144. The van der Waals surface area contributed by atoms with Gasteiger partial charge >= 0.3 is 27.6 Å². The first-order valence-electron chi connectivity index (χ1n) is 23.7. The number of esters is 2. The third-order valence-electron chi connectivity index (χ3n) is 10.2. The lowest BCUT2D eigenvalue weighted by Gasteiger charge is -2.21. The minimum absolute atomic E-state index is 0.0946. The van der Waals surface area contributed by atoms with Crippen LogP contribution in [0.25, 0.3) is 0 Å². The Hall–Kier alpha value is -1.74. The Balaban J connectivity index is 4.68. The second-order valence-electron chi connectivity index (χ2n) is 16.8. The van der Waals surface area contributed by atoms with Crippen LogP contribution in [0.3, 0.4) is 0 Å². The number of aliphatic hydroxyl groups is 3. The number of phosphoric ester groups is 2. The summed E-state index contributed by atoms with van der Waals surface area (Å²) in [6.07, 6.45) is 31.6. The SMILES string of the molecule is CCCCC/C=C\C/C=C\C/C=C\CC(O)C(O)CCCC(=O)O[C@H](COC(=O)CCCCCCCCCCCCCCCCC(C)C)COP(=O)(O)OC[C@@H](O)COP(=O)(O)O. The Bertz CT molecular complexity index is 1300. The van der Waals surface area contributed by atoms with Gasteiger partial charge in [0.25, 0.3) is 0 Å². The lowest BCUT2D eigenvalue weighted by Crippen LogP contribution is -2.30. The molecule has 17 heteroatoms. The maximum Gasteiger partial charge on any atom is 0.472 e. The van der Waals surface area contributed by atoms with Crippen molar-refractivity contribution in [2.75, 3.05) is 26.4 Å². The van der Waals surface area contributed by atoms with Gasteiger partial charge in [-0.05, 0) is 57.3 Å². The molecule has 0 saturated heterocycles. The van der Waals surface area contributed by atoms with E-state index in [-0.39, 0.29) is 32.1 Å². The second-order valence-corrected chi connectivity index (χ2v) is 19.5. The number of hydrogen-bond donors (Lipinski definition) is 6. The predicted octanol–water partition coefficient (Wildman–Crippen LogP) is 10.3. The molecule has 0 bridgehead atoms. The number of rotatable bonds is 44. The molecular formula is C46H86O15P2. The van der Waals surface area contributed by atoms with Crippen molar-refractivity contribution in [2.24, 2.45) is 5.92 Å². The topological polar surface area (TPSA) is 236 Å². The fourth-order valence-electron chi connectivity index (χ4n) is 6.40. The van der Waals surface area contributed by atoms with Gasteiger partial charge in [0.05, 0.1) is 32.0 Å². The molecule has 0 rings (SSSR count). The molecule has 0 heterocycles. The highest BCUT2D eigenvalue weighted by Crippen LogP contribution is 2.44. The van der Waals surface area contributed by atoms with Crippen molar-refractivity contribution in [1.82, 2.24) is 0 Å². The molecule has 3 unspecified atom stereocenters. The molecule has 0 aromatic carbocycles. The Morgan fingerprint density at radius 1 is 0.540 bits per heavy atom. The summed E-state index contributed by atoms with van der Waals surface area (Å²) in [5.41, 5.74) is 0. The van der Waals surface area contributed by atoms with Gasteiger partial charge in [-0.1, -0.05) is 160 Å². The summed E-state index contributed by atoms with van der Waals surface area (Å²) < 4.78 is 47.7. The molecule has 0 radical (unpaired) electrons. The lowest BCUT2D eigenvalue weighted by atomic mass is 10.0. The van der Waals surface area contributed by atoms with E-state index in [1.807, 2.05) is 12.2 Å². The van der Waals surface area contributed by atoms with E-state index >= 15 is 0 Å². The monoisotopic (exact) mass is 941 g/mol. The maximum absolute atomic E-state index is 12.7. The van der Waals surface area contributed by atoms with Crippen molar-refractivity contribution in [1.29, 1.82) is 0 Å². The first-order chi connectivity index (χ1) is 30.0. The predicted molar refractivity (Wildman–Crippen MR) is 247 cm³/mol. The van der Waals surface area contributed by atoms with Gasteiger partial charge in [0, 0.05) is 12.8 Å². The normalized spacial score (nSPS) is 15.3. The van der Waals surface area contributed by atoms with E-state index in [1.165, 1.54) is 83.5 Å². The number of carbonyl (C=O) groups is 2. The zero-order valence-corrected chi connectivity index (χ0v) is 40.6. The molecule has 0 saturated carbocycles. The van der Waals surface area contributed by atoms with Gasteiger partial charge in [-0.2, -0.15) is 0 Å². The Labute approximate surface area is 379 Å². The highest BCUT2D eigenvalue weighted by atomic mass is 31.2. The number of hydrogen-bond acceptors (Lipinski definition) is 12. The van der Waals surface area contributed by atoms with Crippen molar-refractivity contribution in [3.05, 3.63) is 36.5 Å². The lowest BCUT2D eigenvalue weighted by molar-refractivity contribution is -0.161. The summed E-state index contributed by atoms with van der Waals surface area (Å²) in [5.74, 6) is -0.511. The fraction of sp³-hybridized carbons (Fsp3) is 0.826. The van der Waals surface area contributed by atoms with Gasteiger partial charge in [0.2, 0.25) is 0 Å². The number of ether oxygens (including phenoxy) is 2. The number of allylic oxidation sites excluding steroid dienone is 5. The van der Waals surface area contributed by atoms with E-state index in [4.69, 9.17) is 23.8 Å². The average molecular weight is 941 g/mol. The molecule has 63 heavy (non-hydrogen) atoms. The highest BCUT2D eigenvalue weighted by molar-refractivity contribution is 7.47. The van der Waals surface area contributed by atoms with E-state index in [0.29, 0.717) is 12.8 Å². The Kier molecular flexibility index (Phi) is 39.4. The number of unbranched alkanes of at least 4 members (excludes halogenated alkanes) is 16. The Morgan fingerprint density at radius 3 is 1.62 bits per heavy atom. The standard InChI is InChI=1S/C46H86O15P2/c1-4-5-6-7-8-9-10-16-19-22-25-28-32-43(48)44(49)33-30-35-46(51)61-42(39-60-63(55,56)59-37-41(47)36-58-62(52,53)54)38-57-45(50)34-29-26-23-20-17-14-12-11-13-15-18-21-24-27-31-40(2)3/h8-9,16,19,25,28,40-44,47-49H,4-7,10-15,17-18,20-24,26-27,29-39H2,1-3H3,(H,55,56)(H2,52,53,54)/b9-8-,19-16-,28-25-/t41-,42+,43?,44?/m0/s1. The van der Waals surface area contributed by atoms with E-state index in [2.05, 4.69) is 48.0 Å². The molecule has 0 aliphatic carbocycles. The largest absolute Gasteiger partial charge is 0.472 e. The molecule has 15 nitrogen and oxygen atoms in total. The van der Waals surface area contributed by atoms with E-state index < -0.39 is 78.4 Å². The van der Waals surface area contributed by atoms with Gasteiger partial charge in [-0.25, -0.2) is 9.13 Å². The number of phosphoric acid groups is 2. The summed E-state index contributed by atoms with van der Waals surface area (Å²) in [4.78, 5) is 52.9. The van der Waals surface area contributed by atoms with Crippen LogP contribution in [-0.4, -0.2) is 92.8 Å². The molecule has 0 aromatic heterocycles. The van der Waals surface area contributed by atoms with Gasteiger partial charge in [0.15, 0.2) is 6.10 Å². The fourth-order valence-corrected chi connectivity index (χ4v) is 7.56. The van der Waals surface area contributed by atoms with Crippen LogP contribution >= 0.6 is 15.6 Å². The third kappa shape index (κ3) is 43.9. The molecule has 5 atom stereocenters. The second kappa shape index (κ2) is 40.5. The summed E-state index contributed by atoms with van der Waals surface area (Å²) in [6, 6.07) is 0. The molecule has 6 N–H and O–H groups in total. The summed E-state index contributed by atoms with van der Waals surface area (Å²) in [6.45, 7) is 3.74. The number of aliphatic hydroxyl groups excluding tert-OH is 3. The minimum Gasteiger partial charge on any atom is -0.462 e. The van der Waals surface area contributed by atoms with Crippen LogP contribution in [0, 0.1) is 5.92 Å². The summed E-state index contributed by atoms with van der Waals surface area (Å²) in [7, 11) is -9.79. The van der Waals surface area contributed by atoms with Crippen LogP contribution in [0.5, 0.6) is 0 Å². The smallest absolute Gasteiger partial charge is 0.462 e. The molecule has 0 spiro atoms. The molecule has 0 aliphatic heterocycles. The van der Waals surface area contributed by atoms with Crippen LogP contribution in [0.15, 0.2) is 36.5 Å². The molecule has 0 aromatic rings. The van der Waals surface area contributed by atoms with Gasteiger partial charge in [0.1, 0.15) is 12.7 Å². The van der Waals surface area contributed by atoms with Crippen molar-refractivity contribution >= 4 is 27.6 Å². The highest BCUT2D eigenvalue weighted by Gasteiger charge is 2.28. The van der Waals surface area contributed by atoms with Crippen LogP contribution in [0.2, 0.25) is 0 Å². The van der Waals surface area contributed by atoms with E-state index in [1.54, 1.807) is 6.08 Å². The summed E-state index contributed by atoms with van der Waals surface area (Å²) in [5, 5.41) is 30.5. The van der Waals surface area contributed by atoms with E-state index in [0.717, 1.165) is 44.4 Å². The maximum atomic E-state index is 12.7. The summed E-state index contributed by atoms with van der Waals surface area (Å²) >= 11 is 0. The van der Waals surface area contributed by atoms with Gasteiger partial charge in [-0.3, -0.25) is 23.2 Å². The van der Waals surface area contributed by atoms with Crippen molar-refractivity contribution in [3.63, 3.8) is 0 Å². The average Bonchev–Trinajstić information content (AvgIpc) is 3.22. The zero-order chi connectivity index (χ0) is 47.0. The van der Waals surface area contributed by atoms with Crippen LogP contribution in [0.1, 0.15) is 188 Å². The van der Waals surface area contributed by atoms with Crippen LogP contribution in [0.4, 0.5) is 0 Å². The number of carbonyl (C=O) groups excluding carboxylic acids is 2. The molecule has 370 valence electrons.